The molecule has 8 aromatic rings. The highest BCUT2D eigenvalue weighted by atomic mass is 16.6. The maximum atomic E-state index is 11.5. The number of aromatic hydroxyl groups is 6. The molecule has 0 fully saturated rings. The molecule has 0 spiro atoms. The minimum Gasteiger partial charge on any atom is -0.508 e. The Morgan fingerprint density at radius 2 is 0.575 bits per heavy atom. The van der Waals surface area contributed by atoms with E-state index in [4.69, 9.17) is 73.6 Å². The standard InChI is InChI=1S/C13H18O3.C12H16O3.C11H14O3.2C10H12O3.2C9H10O3.C8H8O3/c1-2-3-4-5-10-16-13(15)11-6-8-12(14)9-7-11;1-2-3-4-9-15-12(14)10-5-7-11(13)8-6-10;1-2-3-8-14-11(13)9-4-6-10(12)7-5-9;1-7(2)13-10(12)8-3-5-9(11)6-4-8;1-2-7-13-10(12)8-3-5-9(11)6-4-8;1-11-8-6-4-3-5-7(8)9(10)12-2;1-2-12-9(11)7-3-5-8(10)6-4-7;1-11-7-5-3-2-4-6(7)8(9)10/h6-9,14H,2-5,10H2,1H3;5-8,13H,2-4,9H2,1H3;4-7,12H,2-3,8H2,1H3;3-7,11H,1-2H3;3-6,11H,2,7H2,1H3;3-6H,1-2H3;3-6,10H,2H2,1H3;2-5H,1H3,(H,9,10). The highest BCUT2D eigenvalue weighted by Crippen LogP contribution is 2.20. The molecule has 0 aliphatic heterocycles. The zero-order valence-electron chi connectivity index (χ0n) is 61.7. The van der Waals surface area contributed by atoms with E-state index >= 15 is 0 Å². The number of phenolic OH excluding ortho intramolecular Hbond substituents is 6. The maximum Gasteiger partial charge on any atom is 0.341 e. The first-order chi connectivity index (χ1) is 50.8. The Bertz CT molecular complexity index is 3780. The Morgan fingerprint density at radius 3 is 0.858 bits per heavy atom. The minimum atomic E-state index is -0.970. The summed E-state index contributed by atoms with van der Waals surface area (Å²) in [5.74, 6) is -1.61. The van der Waals surface area contributed by atoms with Crippen LogP contribution in [0.25, 0.3) is 0 Å². The van der Waals surface area contributed by atoms with Crippen LogP contribution in [0.2, 0.25) is 0 Å². The number of esters is 7. The van der Waals surface area contributed by atoms with Crippen molar-refractivity contribution in [1.29, 1.82) is 0 Å². The van der Waals surface area contributed by atoms with Crippen LogP contribution in [0, 0.1) is 0 Å². The number of hydrogen-bond donors (Lipinski definition) is 7. The average molecular weight is 1470 g/mol. The molecule has 8 rings (SSSR count). The number of carbonyl (C=O) groups excluding carboxylic acids is 7. The highest BCUT2D eigenvalue weighted by molar-refractivity contribution is 5.94. The molecule has 0 saturated heterocycles. The van der Waals surface area contributed by atoms with Gasteiger partial charge in [-0.15, -0.1) is 0 Å². The van der Waals surface area contributed by atoms with Gasteiger partial charge in [0.05, 0.1) is 93.8 Å². The third kappa shape index (κ3) is 40.5. The number of carbonyl (C=O) groups is 8. The van der Waals surface area contributed by atoms with Crippen LogP contribution >= 0.6 is 0 Å². The fraction of sp³-hybridized carbons (Fsp3) is 0.317. The molecule has 0 amide bonds. The van der Waals surface area contributed by atoms with E-state index in [-0.39, 0.29) is 87.9 Å². The molecule has 24 heteroatoms. The van der Waals surface area contributed by atoms with Crippen LogP contribution in [0.4, 0.5) is 0 Å². The van der Waals surface area contributed by atoms with Gasteiger partial charge in [0.15, 0.2) is 0 Å². The summed E-state index contributed by atoms with van der Waals surface area (Å²) in [6, 6.07) is 49.5. The molecule has 106 heavy (non-hydrogen) atoms. The first kappa shape index (κ1) is 91.9. The highest BCUT2D eigenvalue weighted by Gasteiger charge is 2.14. The lowest BCUT2D eigenvalue weighted by atomic mass is 10.2. The molecule has 0 radical (unpaired) electrons. The number of carboxylic acids is 1. The number of ether oxygens (including phenoxy) is 9. The number of unbranched alkanes of at least 4 members (excludes halogenated alkanes) is 6. The smallest absolute Gasteiger partial charge is 0.341 e. The van der Waals surface area contributed by atoms with Crippen LogP contribution in [-0.4, -0.2) is 144 Å². The first-order valence-corrected chi connectivity index (χ1v) is 34.2. The predicted molar refractivity (Wildman–Crippen MR) is 399 cm³/mol. The maximum absolute atomic E-state index is 11.5. The molecule has 572 valence electrons. The summed E-state index contributed by atoms with van der Waals surface area (Å²) in [5, 5.41) is 62.6. The van der Waals surface area contributed by atoms with Gasteiger partial charge in [0.25, 0.3) is 0 Å². The Hall–Kier alpha value is -12.1. The second kappa shape index (κ2) is 55.5. The topological polar surface area (TPSA) is 361 Å². The van der Waals surface area contributed by atoms with Gasteiger partial charge in [-0.2, -0.15) is 0 Å². The summed E-state index contributed by atoms with van der Waals surface area (Å²) in [5.41, 5.74) is 3.43. The molecule has 7 N–H and O–H groups in total. The van der Waals surface area contributed by atoms with Crippen molar-refractivity contribution in [3.63, 3.8) is 0 Å². The number of benzene rings is 8. The van der Waals surface area contributed by atoms with Gasteiger partial charge in [-0.05, 0) is 216 Å². The number of carboxylic acid groups (broad SMARTS) is 1. The molecule has 0 heterocycles. The molecule has 0 unspecified atom stereocenters. The van der Waals surface area contributed by atoms with E-state index in [1.807, 2.05) is 13.8 Å². The van der Waals surface area contributed by atoms with Crippen molar-refractivity contribution in [2.24, 2.45) is 0 Å². The molecule has 0 bridgehead atoms. The summed E-state index contributed by atoms with van der Waals surface area (Å²) in [6.07, 6.45) is 10.0. The summed E-state index contributed by atoms with van der Waals surface area (Å²) in [7, 11) is 4.30. The van der Waals surface area contributed by atoms with Crippen molar-refractivity contribution < 1.29 is 117 Å². The van der Waals surface area contributed by atoms with E-state index in [1.165, 1.54) is 149 Å². The Morgan fingerprint density at radius 1 is 0.302 bits per heavy atom. The lowest BCUT2D eigenvalue weighted by Crippen LogP contribution is -2.11. The van der Waals surface area contributed by atoms with Gasteiger partial charge < -0.3 is 78.4 Å². The van der Waals surface area contributed by atoms with Gasteiger partial charge in [-0.1, -0.05) is 90.5 Å². The number of phenols is 6. The quantitative estimate of drug-likeness (QED) is 0.0150. The van der Waals surface area contributed by atoms with Gasteiger partial charge >= 0.3 is 47.8 Å². The second-order valence-electron chi connectivity index (χ2n) is 22.3. The van der Waals surface area contributed by atoms with Crippen molar-refractivity contribution >= 4 is 47.8 Å². The molecule has 8 aromatic carbocycles. The van der Waals surface area contributed by atoms with Crippen molar-refractivity contribution in [2.75, 3.05) is 54.4 Å². The van der Waals surface area contributed by atoms with Gasteiger partial charge in [0, 0.05) is 0 Å². The molecule has 0 aliphatic carbocycles. The zero-order valence-corrected chi connectivity index (χ0v) is 61.7. The number of hydrogen-bond acceptors (Lipinski definition) is 23. The van der Waals surface area contributed by atoms with E-state index in [2.05, 4.69) is 18.6 Å². The monoisotopic (exact) mass is 1470 g/mol. The van der Waals surface area contributed by atoms with Crippen LogP contribution in [0.5, 0.6) is 46.0 Å². The second-order valence-corrected chi connectivity index (χ2v) is 22.3. The van der Waals surface area contributed by atoms with Crippen molar-refractivity contribution in [1.82, 2.24) is 0 Å². The lowest BCUT2D eigenvalue weighted by molar-refractivity contribution is 0.0374. The molecule has 0 aliphatic rings. The third-order valence-electron chi connectivity index (χ3n) is 13.5. The van der Waals surface area contributed by atoms with Crippen LogP contribution in [-0.2, 0) is 33.2 Å². The van der Waals surface area contributed by atoms with E-state index in [0.29, 0.717) is 83.5 Å². The van der Waals surface area contributed by atoms with Crippen molar-refractivity contribution in [2.45, 2.75) is 119 Å². The van der Waals surface area contributed by atoms with E-state index in [0.717, 1.165) is 51.4 Å². The minimum absolute atomic E-state index is 0.124. The lowest BCUT2D eigenvalue weighted by Gasteiger charge is -2.07. The number of methoxy groups -OCH3 is 3. The zero-order chi connectivity index (χ0) is 79.0. The number of rotatable bonds is 26. The largest absolute Gasteiger partial charge is 0.508 e. The Labute approximate surface area is 619 Å². The molecular formula is C82H100O24. The summed E-state index contributed by atoms with van der Waals surface area (Å²) < 4.78 is 44.1. The van der Waals surface area contributed by atoms with Gasteiger partial charge in [0.1, 0.15) is 57.1 Å². The fourth-order valence-corrected chi connectivity index (χ4v) is 7.87. The summed E-state index contributed by atoms with van der Waals surface area (Å²) >= 11 is 0. The van der Waals surface area contributed by atoms with Gasteiger partial charge in [0.2, 0.25) is 0 Å². The normalized spacial score (nSPS) is 9.69. The third-order valence-corrected chi connectivity index (χ3v) is 13.5. The SMILES string of the molecule is CC(C)OC(=O)c1ccc(O)cc1.CCCCCCOC(=O)c1ccc(O)cc1.CCCCCOC(=O)c1ccc(O)cc1.CCCCOC(=O)c1ccc(O)cc1.CCCOC(=O)c1ccc(O)cc1.CCOC(=O)c1ccc(O)cc1.COC(=O)c1ccccc1OC.COc1ccccc1C(=O)O. The average Bonchev–Trinajstić information content (AvgIpc) is 0.894. The first-order valence-electron chi connectivity index (χ1n) is 34.2. The van der Waals surface area contributed by atoms with Gasteiger partial charge in [-0.3, -0.25) is 0 Å². The van der Waals surface area contributed by atoms with Crippen LogP contribution in [0.3, 0.4) is 0 Å². The summed E-state index contributed by atoms with van der Waals surface area (Å²) in [4.78, 5) is 89.3. The molecule has 0 aromatic heterocycles. The van der Waals surface area contributed by atoms with E-state index < -0.39 is 5.97 Å². The molecule has 0 saturated carbocycles. The predicted octanol–water partition coefficient (Wildman–Crippen LogP) is 16.6. The number of para-hydroxylation sites is 2. The Kier molecular flexibility index (Phi) is 48.1. The molecular weight excluding hydrogens is 1370 g/mol. The molecule has 24 nitrogen and oxygen atoms in total. The fourth-order valence-electron chi connectivity index (χ4n) is 7.87. The molecule has 0 atom stereocenters. The Balaban J connectivity index is 0.000000607. The van der Waals surface area contributed by atoms with E-state index in [1.54, 1.807) is 99.6 Å². The van der Waals surface area contributed by atoms with Crippen LogP contribution in [0.1, 0.15) is 196 Å². The number of aromatic carboxylic acids is 1. The van der Waals surface area contributed by atoms with Crippen molar-refractivity contribution in [3.05, 3.63) is 239 Å². The summed E-state index contributed by atoms with van der Waals surface area (Å²) in [6.45, 7) is 15.7. The van der Waals surface area contributed by atoms with E-state index in [9.17, 15) is 38.4 Å². The van der Waals surface area contributed by atoms with Crippen molar-refractivity contribution in [3.8, 4) is 46.0 Å². The van der Waals surface area contributed by atoms with Crippen LogP contribution in [0.15, 0.2) is 194 Å². The van der Waals surface area contributed by atoms with Gasteiger partial charge in [-0.25, -0.2) is 38.4 Å². The van der Waals surface area contributed by atoms with Crippen LogP contribution < -0.4 is 9.47 Å².